The van der Waals surface area contributed by atoms with E-state index in [0.717, 1.165) is 12.0 Å². The summed E-state index contributed by atoms with van der Waals surface area (Å²) in [5, 5.41) is 31.5. The van der Waals surface area contributed by atoms with Gasteiger partial charge in [-0.1, -0.05) is 13.8 Å². The lowest BCUT2D eigenvalue weighted by Gasteiger charge is -2.48. The Hall–Kier alpha value is -1.26. The topological polar surface area (TPSA) is 69.9 Å². The molecule has 4 heteroatoms. The number of fused-ring (bicyclic) bond motifs is 2. The SMILES string of the molecule is CO[C@H]1c2c(O)ccc(O)c2C(C)(C)[C@@H]2CC[C@@](C)(O)[C@H]21. The molecule has 1 fully saturated rings. The number of methoxy groups -OCH3 is 1. The number of rotatable bonds is 1. The second-order valence-electron chi connectivity index (χ2n) is 7.30. The van der Waals surface area contributed by atoms with Gasteiger partial charge in [0.25, 0.3) is 0 Å². The van der Waals surface area contributed by atoms with Gasteiger partial charge in [0.05, 0.1) is 11.7 Å². The van der Waals surface area contributed by atoms with Crippen LogP contribution in [0.25, 0.3) is 0 Å². The molecule has 4 nitrogen and oxygen atoms in total. The van der Waals surface area contributed by atoms with Gasteiger partial charge in [0.1, 0.15) is 11.5 Å². The number of hydrogen-bond acceptors (Lipinski definition) is 4. The van der Waals surface area contributed by atoms with Crippen molar-refractivity contribution in [3.8, 4) is 11.5 Å². The lowest BCUT2D eigenvalue weighted by Crippen LogP contribution is -2.47. The number of benzene rings is 1. The van der Waals surface area contributed by atoms with Crippen LogP contribution in [0.3, 0.4) is 0 Å². The first-order valence-electron chi connectivity index (χ1n) is 7.52. The minimum atomic E-state index is -0.821. The Bertz CT molecular complexity index is 576. The first-order valence-corrected chi connectivity index (χ1v) is 7.52. The van der Waals surface area contributed by atoms with Crippen molar-refractivity contribution in [3.63, 3.8) is 0 Å². The molecule has 1 aromatic rings. The van der Waals surface area contributed by atoms with Crippen LogP contribution in [0.15, 0.2) is 12.1 Å². The van der Waals surface area contributed by atoms with Crippen LogP contribution < -0.4 is 0 Å². The molecule has 0 amide bonds. The van der Waals surface area contributed by atoms with Crippen molar-refractivity contribution in [2.75, 3.05) is 7.11 Å². The molecule has 1 saturated carbocycles. The highest BCUT2D eigenvalue weighted by molar-refractivity contribution is 5.55. The highest BCUT2D eigenvalue weighted by Gasteiger charge is 2.58. The number of hydrogen-bond donors (Lipinski definition) is 3. The Labute approximate surface area is 125 Å². The van der Waals surface area contributed by atoms with Gasteiger partial charge in [0, 0.05) is 24.2 Å². The van der Waals surface area contributed by atoms with Gasteiger partial charge in [-0.25, -0.2) is 0 Å². The first-order chi connectivity index (χ1) is 9.71. The second kappa shape index (κ2) is 4.37. The zero-order valence-corrected chi connectivity index (χ0v) is 13.1. The molecule has 0 unspecified atom stereocenters. The Morgan fingerprint density at radius 3 is 2.38 bits per heavy atom. The van der Waals surface area contributed by atoms with E-state index < -0.39 is 11.7 Å². The van der Waals surface area contributed by atoms with E-state index in [0.29, 0.717) is 12.0 Å². The van der Waals surface area contributed by atoms with Crippen LogP contribution in [0.4, 0.5) is 0 Å². The van der Waals surface area contributed by atoms with E-state index in [2.05, 4.69) is 13.8 Å². The van der Waals surface area contributed by atoms with Gasteiger partial charge in [-0.2, -0.15) is 0 Å². The van der Waals surface area contributed by atoms with Crippen molar-refractivity contribution in [1.29, 1.82) is 0 Å². The molecule has 2 aliphatic carbocycles. The van der Waals surface area contributed by atoms with Crippen LogP contribution in [0.1, 0.15) is 50.8 Å². The summed E-state index contributed by atoms with van der Waals surface area (Å²) < 4.78 is 5.67. The van der Waals surface area contributed by atoms with E-state index >= 15 is 0 Å². The predicted molar refractivity (Wildman–Crippen MR) is 79.4 cm³/mol. The van der Waals surface area contributed by atoms with Crippen molar-refractivity contribution in [1.82, 2.24) is 0 Å². The predicted octanol–water partition coefficient (Wildman–Crippen LogP) is 2.85. The number of phenols is 2. The highest BCUT2D eigenvalue weighted by atomic mass is 16.5. The fourth-order valence-corrected chi connectivity index (χ4v) is 4.77. The summed E-state index contributed by atoms with van der Waals surface area (Å²) in [6.07, 6.45) is 1.20. The van der Waals surface area contributed by atoms with Gasteiger partial charge < -0.3 is 20.1 Å². The van der Waals surface area contributed by atoms with E-state index in [1.54, 1.807) is 7.11 Å². The van der Waals surface area contributed by atoms with Crippen LogP contribution in [0, 0.1) is 11.8 Å². The maximum atomic E-state index is 10.8. The van der Waals surface area contributed by atoms with E-state index in [-0.39, 0.29) is 28.7 Å². The summed E-state index contributed by atoms with van der Waals surface area (Å²) >= 11 is 0. The van der Waals surface area contributed by atoms with Gasteiger partial charge in [0.2, 0.25) is 0 Å². The lowest BCUT2D eigenvalue weighted by molar-refractivity contribution is -0.0881. The zero-order valence-electron chi connectivity index (χ0n) is 13.1. The maximum absolute atomic E-state index is 10.8. The number of phenolic OH excluding ortho intramolecular Hbond substituents is 2. The van der Waals surface area contributed by atoms with Crippen molar-refractivity contribution in [3.05, 3.63) is 23.3 Å². The molecule has 0 spiro atoms. The molecule has 2 aliphatic rings. The Balaban J connectivity index is 2.30. The minimum Gasteiger partial charge on any atom is -0.508 e. The van der Waals surface area contributed by atoms with Crippen molar-refractivity contribution >= 4 is 0 Å². The molecule has 0 aliphatic heterocycles. The van der Waals surface area contributed by atoms with Crippen molar-refractivity contribution in [2.45, 2.75) is 50.7 Å². The van der Waals surface area contributed by atoms with Gasteiger partial charge in [-0.3, -0.25) is 0 Å². The van der Waals surface area contributed by atoms with E-state index in [1.165, 1.54) is 12.1 Å². The quantitative estimate of drug-likeness (QED) is 0.696. The summed E-state index contributed by atoms with van der Waals surface area (Å²) in [6.45, 7) is 6.01. The number of ether oxygens (including phenoxy) is 1. The molecule has 0 heterocycles. The molecule has 0 aromatic heterocycles. The van der Waals surface area contributed by atoms with Crippen LogP contribution in [0.2, 0.25) is 0 Å². The van der Waals surface area contributed by atoms with Crippen LogP contribution >= 0.6 is 0 Å². The molecule has 1 aromatic carbocycles. The summed E-state index contributed by atoms with van der Waals surface area (Å²) in [4.78, 5) is 0. The molecular formula is C17H24O4. The summed E-state index contributed by atoms with van der Waals surface area (Å²) in [7, 11) is 1.60. The molecule has 0 bridgehead atoms. The zero-order chi connectivity index (χ0) is 15.6. The van der Waals surface area contributed by atoms with Gasteiger partial charge in [-0.05, 0) is 43.2 Å². The molecule has 4 atom stereocenters. The molecule has 0 radical (unpaired) electrons. The molecule has 3 rings (SSSR count). The molecule has 3 N–H and O–H groups in total. The largest absolute Gasteiger partial charge is 0.508 e. The van der Waals surface area contributed by atoms with Gasteiger partial charge in [0.15, 0.2) is 0 Å². The lowest BCUT2D eigenvalue weighted by atomic mass is 9.59. The average Bonchev–Trinajstić information content (AvgIpc) is 2.71. The normalized spacial score (nSPS) is 37.1. The van der Waals surface area contributed by atoms with Crippen LogP contribution in [-0.4, -0.2) is 28.0 Å². The van der Waals surface area contributed by atoms with Crippen molar-refractivity contribution in [2.24, 2.45) is 11.8 Å². The average molecular weight is 292 g/mol. The molecule has 116 valence electrons. The van der Waals surface area contributed by atoms with Crippen LogP contribution in [0.5, 0.6) is 11.5 Å². The third-order valence-corrected chi connectivity index (χ3v) is 5.75. The third-order valence-electron chi connectivity index (χ3n) is 5.75. The molecular weight excluding hydrogens is 268 g/mol. The summed E-state index contributed by atoms with van der Waals surface area (Å²) in [5.74, 6) is 0.444. The van der Waals surface area contributed by atoms with E-state index in [4.69, 9.17) is 4.74 Å². The minimum absolute atomic E-state index is 0.0855. The second-order valence-corrected chi connectivity index (χ2v) is 7.30. The Morgan fingerprint density at radius 1 is 1.14 bits per heavy atom. The fraction of sp³-hybridized carbons (Fsp3) is 0.647. The standard InChI is InChI=1S/C17H24O4/c1-16(2)9-7-8-17(3,20)13(9)15(21-4)12-10(18)5-6-11(19)14(12)16/h5-6,9,13,15,18-20H,7-8H2,1-4H3/t9-,13-,15+,17-/m1/s1. The van der Waals surface area contributed by atoms with Crippen LogP contribution in [-0.2, 0) is 10.2 Å². The molecule has 0 saturated heterocycles. The summed E-state index contributed by atoms with van der Waals surface area (Å²) in [6, 6.07) is 3.04. The van der Waals surface area contributed by atoms with Gasteiger partial charge in [-0.15, -0.1) is 0 Å². The summed E-state index contributed by atoms with van der Waals surface area (Å²) in [5.41, 5.74) is 0.246. The van der Waals surface area contributed by atoms with E-state index in [1.807, 2.05) is 6.92 Å². The fourth-order valence-electron chi connectivity index (χ4n) is 4.77. The van der Waals surface area contributed by atoms with E-state index in [9.17, 15) is 15.3 Å². The van der Waals surface area contributed by atoms with Crippen molar-refractivity contribution < 1.29 is 20.1 Å². The number of aliphatic hydroxyl groups is 1. The van der Waals surface area contributed by atoms with Gasteiger partial charge >= 0.3 is 0 Å². The first kappa shape index (κ1) is 14.7. The molecule has 21 heavy (non-hydrogen) atoms. The Morgan fingerprint density at radius 2 is 1.76 bits per heavy atom. The maximum Gasteiger partial charge on any atom is 0.121 e. The smallest absolute Gasteiger partial charge is 0.121 e. The monoisotopic (exact) mass is 292 g/mol. The Kier molecular flexibility index (Phi) is 3.05. The highest BCUT2D eigenvalue weighted by Crippen LogP contribution is 2.62. The number of aromatic hydroxyl groups is 2. The third kappa shape index (κ3) is 1.82.